The van der Waals surface area contributed by atoms with Gasteiger partial charge in [-0.1, -0.05) is 36.6 Å². The van der Waals surface area contributed by atoms with Gasteiger partial charge in [-0.25, -0.2) is 0 Å². The van der Waals surface area contributed by atoms with Crippen molar-refractivity contribution < 1.29 is 9.21 Å². The van der Waals surface area contributed by atoms with Crippen LogP contribution in [0.4, 0.5) is 0 Å². The molecule has 0 unspecified atom stereocenters. The zero-order valence-electron chi connectivity index (χ0n) is 16.4. The number of carbonyl (C=O) groups is 1. The van der Waals surface area contributed by atoms with Gasteiger partial charge < -0.3 is 4.42 Å². The topological polar surface area (TPSA) is 36.7 Å². The van der Waals surface area contributed by atoms with Gasteiger partial charge in [0.2, 0.25) is 5.78 Å². The monoisotopic (exact) mass is 400 g/mol. The van der Waals surface area contributed by atoms with Crippen LogP contribution in [0.3, 0.4) is 0 Å². The maximum atomic E-state index is 13.6. The second-order valence-corrected chi connectivity index (χ2v) is 8.41. The second-order valence-electron chi connectivity index (χ2n) is 7.98. The number of ketones is 1. The van der Waals surface area contributed by atoms with Crippen LogP contribution in [-0.2, 0) is 0 Å². The zero-order valence-corrected chi connectivity index (χ0v) is 17.1. The highest BCUT2D eigenvalue weighted by Crippen LogP contribution is 2.34. The zero-order chi connectivity index (χ0) is 19.3. The van der Waals surface area contributed by atoms with Crippen molar-refractivity contribution in [2.24, 2.45) is 0 Å². The predicted octanol–water partition coefficient (Wildman–Crippen LogP) is 5.20. The molecule has 0 amide bonds. The number of furan rings is 1. The first-order valence-corrected chi connectivity index (χ1v) is 10.9. The first-order chi connectivity index (χ1) is 13.7. The SMILES string of the molecule is O=C(c1ccco1)[C@@H]([C@H](c1ccc(Cl)cc1)N1CCCCC1)N1CCCCC1. The van der Waals surface area contributed by atoms with Gasteiger partial charge in [0.1, 0.15) is 0 Å². The minimum Gasteiger partial charge on any atom is -0.461 e. The molecule has 2 fully saturated rings. The summed E-state index contributed by atoms with van der Waals surface area (Å²) in [6.45, 7) is 4.00. The Balaban J connectivity index is 1.74. The lowest BCUT2D eigenvalue weighted by molar-refractivity contribution is 0.0405. The number of benzene rings is 1. The van der Waals surface area contributed by atoms with Crippen LogP contribution in [0.15, 0.2) is 47.1 Å². The fourth-order valence-corrected chi connectivity index (χ4v) is 4.85. The van der Waals surface area contributed by atoms with Crippen LogP contribution in [0.5, 0.6) is 0 Å². The lowest BCUT2D eigenvalue weighted by Crippen LogP contribution is -2.53. The largest absolute Gasteiger partial charge is 0.461 e. The van der Waals surface area contributed by atoms with E-state index in [1.165, 1.54) is 31.2 Å². The smallest absolute Gasteiger partial charge is 0.216 e. The lowest BCUT2D eigenvalue weighted by atomic mass is 9.89. The molecular formula is C23H29ClN2O2. The number of hydrogen-bond donors (Lipinski definition) is 0. The second kappa shape index (κ2) is 9.25. The summed E-state index contributed by atoms with van der Waals surface area (Å²) in [5.41, 5.74) is 1.17. The molecule has 28 heavy (non-hydrogen) atoms. The lowest BCUT2D eigenvalue weighted by Gasteiger charge is -2.44. The summed E-state index contributed by atoms with van der Waals surface area (Å²) in [6, 6.07) is 11.5. The van der Waals surface area contributed by atoms with Gasteiger partial charge >= 0.3 is 0 Å². The van der Waals surface area contributed by atoms with Crippen molar-refractivity contribution in [1.82, 2.24) is 9.80 Å². The van der Waals surface area contributed by atoms with E-state index in [4.69, 9.17) is 16.0 Å². The van der Waals surface area contributed by atoms with E-state index in [0.717, 1.165) is 44.0 Å². The van der Waals surface area contributed by atoms with E-state index in [1.54, 1.807) is 18.4 Å². The molecule has 0 spiro atoms. The maximum Gasteiger partial charge on any atom is 0.216 e. The van der Waals surface area contributed by atoms with Gasteiger partial charge in [0.25, 0.3) is 0 Å². The number of halogens is 1. The van der Waals surface area contributed by atoms with Crippen LogP contribution in [0.1, 0.15) is 60.7 Å². The summed E-state index contributed by atoms with van der Waals surface area (Å²) in [4.78, 5) is 18.5. The van der Waals surface area contributed by atoms with Gasteiger partial charge in [-0.3, -0.25) is 14.6 Å². The molecule has 0 aliphatic carbocycles. The van der Waals surface area contributed by atoms with E-state index in [0.29, 0.717) is 5.76 Å². The van der Waals surface area contributed by atoms with Crippen molar-refractivity contribution >= 4 is 17.4 Å². The number of nitrogens with zero attached hydrogens (tertiary/aromatic N) is 2. The van der Waals surface area contributed by atoms with Gasteiger partial charge in [0, 0.05) is 5.02 Å². The summed E-state index contributed by atoms with van der Waals surface area (Å²) in [6.07, 6.45) is 8.78. The summed E-state index contributed by atoms with van der Waals surface area (Å²) in [7, 11) is 0. The van der Waals surface area contributed by atoms with Crippen molar-refractivity contribution in [2.75, 3.05) is 26.2 Å². The third-order valence-corrected chi connectivity index (χ3v) is 6.36. The van der Waals surface area contributed by atoms with Gasteiger partial charge in [0.15, 0.2) is 5.76 Å². The van der Waals surface area contributed by atoms with Gasteiger partial charge in [-0.05, 0) is 81.7 Å². The number of Topliss-reactive ketones (excluding diaryl/α,β-unsaturated/α-hetero) is 1. The Kier molecular flexibility index (Phi) is 6.50. The molecule has 4 rings (SSSR count). The summed E-state index contributed by atoms with van der Waals surface area (Å²) >= 11 is 6.17. The molecule has 5 heteroatoms. The van der Waals surface area contributed by atoms with Crippen LogP contribution in [0, 0.1) is 0 Å². The van der Waals surface area contributed by atoms with E-state index in [-0.39, 0.29) is 17.9 Å². The Hall–Kier alpha value is -1.62. The number of hydrogen-bond acceptors (Lipinski definition) is 4. The minimum absolute atomic E-state index is 0.0215. The molecule has 2 aliphatic heterocycles. The molecule has 1 aromatic heterocycles. The van der Waals surface area contributed by atoms with Crippen molar-refractivity contribution in [2.45, 2.75) is 50.6 Å². The molecule has 1 aromatic carbocycles. The average Bonchev–Trinajstić information content (AvgIpc) is 3.29. The van der Waals surface area contributed by atoms with E-state index in [2.05, 4.69) is 21.9 Å². The molecule has 150 valence electrons. The third kappa shape index (κ3) is 4.35. The van der Waals surface area contributed by atoms with E-state index in [1.807, 2.05) is 12.1 Å². The molecule has 2 aromatic rings. The Labute approximate surface area is 172 Å². The van der Waals surface area contributed by atoms with Gasteiger partial charge in [0.05, 0.1) is 18.3 Å². The van der Waals surface area contributed by atoms with E-state index in [9.17, 15) is 4.79 Å². The Morgan fingerprint density at radius 1 is 0.857 bits per heavy atom. The third-order valence-electron chi connectivity index (χ3n) is 6.11. The van der Waals surface area contributed by atoms with Crippen LogP contribution >= 0.6 is 11.6 Å². The van der Waals surface area contributed by atoms with Crippen LogP contribution in [-0.4, -0.2) is 47.8 Å². The fraction of sp³-hybridized carbons (Fsp3) is 0.522. The summed E-state index contributed by atoms with van der Waals surface area (Å²) < 4.78 is 5.54. The van der Waals surface area contributed by atoms with Crippen molar-refractivity contribution in [3.8, 4) is 0 Å². The number of rotatable bonds is 6. The first-order valence-electron chi connectivity index (χ1n) is 10.6. The molecule has 2 atom stereocenters. The average molecular weight is 401 g/mol. The molecule has 4 nitrogen and oxygen atoms in total. The van der Waals surface area contributed by atoms with Gasteiger partial charge in [-0.2, -0.15) is 0 Å². The van der Waals surface area contributed by atoms with Crippen molar-refractivity contribution in [1.29, 1.82) is 0 Å². The van der Waals surface area contributed by atoms with Gasteiger partial charge in [-0.15, -0.1) is 0 Å². The molecule has 0 saturated carbocycles. The highest BCUT2D eigenvalue weighted by molar-refractivity contribution is 6.30. The van der Waals surface area contributed by atoms with Crippen molar-refractivity contribution in [3.63, 3.8) is 0 Å². The summed E-state index contributed by atoms with van der Waals surface area (Å²) in [5.74, 6) is 0.559. The Morgan fingerprint density at radius 3 is 2.04 bits per heavy atom. The molecule has 0 bridgehead atoms. The highest BCUT2D eigenvalue weighted by Gasteiger charge is 2.40. The standard InChI is InChI=1S/C23H29ClN2O2/c24-19-11-9-18(10-12-19)21(25-13-3-1-4-14-25)22(26-15-5-2-6-16-26)23(27)20-8-7-17-28-20/h7-12,17,21-22H,1-6,13-16H2/t21-,22+/m0/s1. The van der Waals surface area contributed by atoms with E-state index < -0.39 is 0 Å². The molecular weight excluding hydrogens is 372 g/mol. The maximum absolute atomic E-state index is 13.6. The molecule has 2 aliphatic rings. The molecule has 0 radical (unpaired) electrons. The Bertz CT molecular complexity index is 747. The van der Waals surface area contributed by atoms with Crippen molar-refractivity contribution in [3.05, 3.63) is 59.0 Å². The number of carbonyl (C=O) groups excluding carboxylic acids is 1. The molecule has 3 heterocycles. The Morgan fingerprint density at radius 2 is 1.46 bits per heavy atom. The highest BCUT2D eigenvalue weighted by atomic mass is 35.5. The fourth-order valence-electron chi connectivity index (χ4n) is 4.72. The van der Waals surface area contributed by atoms with E-state index >= 15 is 0 Å². The normalized spacial score (nSPS) is 21.3. The molecule has 0 N–H and O–H groups in total. The summed E-state index contributed by atoms with van der Waals surface area (Å²) in [5, 5.41) is 0.730. The quantitative estimate of drug-likeness (QED) is 0.624. The van der Waals surface area contributed by atoms with Crippen LogP contribution in [0.25, 0.3) is 0 Å². The first kappa shape index (κ1) is 19.7. The number of likely N-dealkylation sites (tertiary alicyclic amines) is 2. The predicted molar refractivity (Wildman–Crippen MR) is 112 cm³/mol. The minimum atomic E-state index is -0.231. The number of piperidine rings is 2. The van der Waals surface area contributed by atoms with Crippen LogP contribution in [0.2, 0.25) is 5.02 Å². The van der Waals surface area contributed by atoms with Crippen LogP contribution < -0.4 is 0 Å². The molecule has 2 saturated heterocycles.